The smallest absolute Gasteiger partial charge is 0.136 e. The quantitative estimate of drug-likeness (QED) is 0.528. The van der Waals surface area contributed by atoms with E-state index >= 15 is 0 Å². The van der Waals surface area contributed by atoms with Gasteiger partial charge < -0.3 is 0 Å². The maximum absolute atomic E-state index is 11.8. The molecule has 0 aliphatic heterocycles. The first kappa shape index (κ1) is 14.0. The van der Waals surface area contributed by atoms with Crippen molar-refractivity contribution in [2.24, 2.45) is 23.7 Å². The number of hydrogen-bond acceptors (Lipinski definition) is 1. The van der Waals surface area contributed by atoms with Gasteiger partial charge in [-0.15, -0.1) is 6.58 Å². The van der Waals surface area contributed by atoms with E-state index in [-0.39, 0.29) is 5.92 Å². The van der Waals surface area contributed by atoms with Crippen molar-refractivity contribution >= 4 is 21.7 Å². The van der Waals surface area contributed by atoms with Gasteiger partial charge in [0.2, 0.25) is 0 Å². The minimum absolute atomic E-state index is 0.262. The van der Waals surface area contributed by atoms with Crippen LogP contribution in [-0.4, -0.2) is 11.1 Å². The summed E-state index contributed by atoms with van der Waals surface area (Å²) in [7, 11) is 0. The largest absolute Gasteiger partial charge is 0.299 e. The lowest BCUT2D eigenvalue weighted by Crippen LogP contribution is -2.17. The summed E-state index contributed by atoms with van der Waals surface area (Å²) in [5, 5.41) is 1.05. The Labute approximate surface area is 108 Å². The van der Waals surface area contributed by atoms with Crippen molar-refractivity contribution in [2.45, 2.75) is 39.5 Å². The molecule has 0 heterocycles. The van der Waals surface area contributed by atoms with Gasteiger partial charge in [0.05, 0.1) is 0 Å². The summed E-state index contributed by atoms with van der Waals surface area (Å²) in [5.41, 5.74) is 0. The van der Waals surface area contributed by atoms with Crippen LogP contribution in [0.3, 0.4) is 0 Å². The molecule has 1 fully saturated rings. The van der Waals surface area contributed by atoms with Gasteiger partial charge in [-0.1, -0.05) is 35.9 Å². The summed E-state index contributed by atoms with van der Waals surface area (Å²) in [5.74, 6) is 2.55. The zero-order valence-corrected chi connectivity index (χ0v) is 12.0. The standard InChI is InChI=1S/C14H23BrO/c1-4-11-6-8-14(16)13(11)7-5-12(9-15)10(2)3/h4,10-13H,1,5-9H2,2-3H3/t11-,12?,13+/m1/s1. The fraction of sp³-hybridized carbons (Fsp3) is 0.786. The number of hydrogen-bond donors (Lipinski definition) is 0. The van der Waals surface area contributed by atoms with Gasteiger partial charge in [-0.3, -0.25) is 4.79 Å². The van der Waals surface area contributed by atoms with Crippen molar-refractivity contribution < 1.29 is 4.79 Å². The van der Waals surface area contributed by atoms with Crippen molar-refractivity contribution in [1.29, 1.82) is 0 Å². The molecule has 0 aromatic rings. The van der Waals surface area contributed by atoms with Crippen molar-refractivity contribution in [3.05, 3.63) is 12.7 Å². The molecule has 92 valence electrons. The number of alkyl halides is 1. The lowest BCUT2D eigenvalue weighted by molar-refractivity contribution is -0.121. The molecule has 1 rings (SSSR count). The Bertz CT molecular complexity index is 247. The Morgan fingerprint density at radius 3 is 2.75 bits per heavy atom. The topological polar surface area (TPSA) is 17.1 Å². The second kappa shape index (κ2) is 6.58. The molecule has 16 heavy (non-hydrogen) atoms. The van der Waals surface area contributed by atoms with Gasteiger partial charge in [-0.2, -0.15) is 0 Å². The number of ketones is 1. The Morgan fingerprint density at radius 2 is 2.25 bits per heavy atom. The van der Waals surface area contributed by atoms with Gasteiger partial charge in [0.1, 0.15) is 5.78 Å². The number of carbonyl (C=O) groups excluding carboxylic acids is 1. The highest BCUT2D eigenvalue weighted by Crippen LogP contribution is 2.34. The van der Waals surface area contributed by atoms with Crippen LogP contribution < -0.4 is 0 Å². The zero-order chi connectivity index (χ0) is 12.1. The predicted molar refractivity (Wildman–Crippen MR) is 72.8 cm³/mol. The molecule has 0 amide bonds. The zero-order valence-electron chi connectivity index (χ0n) is 10.4. The molecule has 0 saturated heterocycles. The summed E-state index contributed by atoms with van der Waals surface area (Å²) >= 11 is 3.57. The number of carbonyl (C=O) groups is 1. The molecule has 0 radical (unpaired) electrons. The molecule has 1 saturated carbocycles. The van der Waals surface area contributed by atoms with Crippen LogP contribution in [-0.2, 0) is 4.79 Å². The normalized spacial score (nSPS) is 27.4. The van der Waals surface area contributed by atoms with Gasteiger partial charge >= 0.3 is 0 Å². The van der Waals surface area contributed by atoms with Crippen LogP contribution in [0.15, 0.2) is 12.7 Å². The predicted octanol–water partition coefficient (Wildman–Crippen LogP) is 4.22. The Balaban J connectivity index is 2.46. The molecule has 0 aromatic carbocycles. The third kappa shape index (κ3) is 3.44. The summed E-state index contributed by atoms with van der Waals surface area (Å²) < 4.78 is 0. The molecular formula is C14H23BrO. The molecule has 0 aromatic heterocycles. The maximum Gasteiger partial charge on any atom is 0.136 e. The van der Waals surface area contributed by atoms with Crippen LogP contribution in [0.2, 0.25) is 0 Å². The third-order valence-electron chi connectivity index (χ3n) is 3.95. The van der Waals surface area contributed by atoms with Crippen LogP contribution in [0.25, 0.3) is 0 Å². The molecule has 0 N–H and O–H groups in total. The Kier molecular flexibility index (Phi) is 5.74. The van der Waals surface area contributed by atoms with E-state index in [9.17, 15) is 4.79 Å². The highest BCUT2D eigenvalue weighted by atomic mass is 79.9. The maximum atomic E-state index is 11.8. The molecule has 0 spiro atoms. The molecule has 1 unspecified atom stereocenters. The average molecular weight is 287 g/mol. The Hall–Kier alpha value is -0.110. The van der Waals surface area contributed by atoms with E-state index in [1.54, 1.807) is 0 Å². The van der Waals surface area contributed by atoms with E-state index in [0.717, 1.165) is 31.0 Å². The molecule has 2 heteroatoms. The fourth-order valence-corrected chi connectivity index (χ4v) is 3.65. The molecule has 0 bridgehead atoms. The third-order valence-corrected chi connectivity index (χ3v) is 4.78. The lowest BCUT2D eigenvalue weighted by Gasteiger charge is -2.21. The first-order valence-electron chi connectivity index (χ1n) is 6.31. The lowest BCUT2D eigenvalue weighted by atomic mass is 9.85. The number of allylic oxidation sites excluding steroid dienone is 1. The molecular weight excluding hydrogens is 264 g/mol. The molecule has 1 aliphatic rings. The highest BCUT2D eigenvalue weighted by Gasteiger charge is 2.32. The summed E-state index contributed by atoms with van der Waals surface area (Å²) in [4.78, 5) is 11.8. The molecule has 3 atom stereocenters. The van der Waals surface area contributed by atoms with Crippen LogP contribution >= 0.6 is 15.9 Å². The van der Waals surface area contributed by atoms with Crippen molar-refractivity contribution in [1.82, 2.24) is 0 Å². The van der Waals surface area contributed by atoms with Crippen LogP contribution in [0, 0.1) is 23.7 Å². The minimum Gasteiger partial charge on any atom is -0.299 e. The second-order valence-corrected chi connectivity index (χ2v) is 5.89. The van der Waals surface area contributed by atoms with Crippen molar-refractivity contribution in [2.75, 3.05) is 5.33 Å². The van der Waals surface area contributed by atoms with Crippen molar-refractivity contribution in [3.63, 3.8) is 0 Å². The highest BCUT2D eigenvalue weighted by molar-refractivity contribution is 9.09. The van der Waals surface area contributed by atoms with Gasteiger partial charge in [0.25, 0.3) is 0 Å². The fourth-order valence-electron chi connectivity index (χ4n) is 2.57. The van der Waals surface area contributed by atoms with E-state index in [1.165, 1.54) is 0 Å². The van der Waals surface area contributed by atoms with Crippen LogP contribution in [0.1, 0.15) is 39.5 Å². The van der Waals surface area contributed by atoms with Gasteiger partial charge in [-0.05, 0) is 37.0 Å². The van der Waals surface area contributed by atoms with E-state index in [1.807, 2.05) is 6.08 Å². The van der Waals surface area contributed by atoms with E-state index in [0.29, 0.717) is 23.5 Å². The number of halogens is 1. The van der Waals surface area contributed by atoms with Gasteiger partial charge in [-0.25, -0.2) is 0 Å². The summed E-state index contributed by atoms with van der Waals surface area (Å²) in [6.45, 7) is 8.36. The first-order valence-corrected chi connectivity index (χ1v) is 7.43. The van der Waals surface area contributed by atoms with E-state index < -0.39 is 0 Å². The van der Waals surface area contributed by atoms with Crippen molar-refractivity contribution in [3.8, 4) is 0 Å². The van der Waals surface area contributed by atoms with Gasteiger partial charge in [0, 0.05) is 17.7 Å². The van der Waals surface area contributed by atoms with E-state index in [4.69, 9.17) is 0 Å². The molecule has 1 nitrogen and oxygen atoms in total. The summed E-state index contributed by atoms with van der Waals surface area (Å²) in [6.07, 6.45) is 5.97. The van der Waals surface area contributed by atoms with E-state index in [2.05, 4.69) is 36.4 Å². The summed E-state index contributed by atoms with van der Waals surface area (Å²) in [6, 6.07) is 0. The monoisotopic (exact) mass is 286 g/mol. The molecule has 1 aliphatic carbocycles. The SMILES string of the molecule is C=C[C@@H]1CCC(=O)[C@H]1CCC(CBr)C(C)C. The Morgan fingerprint density at radius 1 is 1.56 bits per heavy atom. The average Bonchev–Trinajstić information content (AvgIpc) is 2.60. The minimum atomic E-state index is 0.262. The van der Waals surface area contributed by atoms with Crippen LogP contribution in [0.4, 0.5) is 0 Å². The van der Waals surface area contributed by atoms with Gasteiger partial charge in [0.15, 0.2) is 0 Å². The second-order valence-electron chi connectivity index (χ2n) is 5.25. The number of Topliss-reactive ketones (excluding diaryl/α,β-unsaturated/α-hetero) is 1. The van der Waals surface area contributed by atoms with Crippen LogP contribution in [0.5, 0.6) is 0 Å². The first-order chi connectivity index (χ1) is 7.60. The number of rotatable bonds is 6.